The number of aromatic nitrogens is 3. The second-order valence-electron chi connectivity index (χ2n) is 6.87. The highest BCUT2D eigenvalue weighted by atomic mass is 35.5. The van der Waals surface area contributed by atoms with Gasteiger partial charge in [0.25, 0.3) is 0 Å². The van der Waals surface area contributed by atoms with Gasteiger partial charge in [-0.15, -0.1) is 10.2 Å². The third-order valence-corrected chi connectivity index (χ3v) is 6.28. The Hall–Kier alpha value is -2.22. The Morgan fingerprint density at radius 2 is 1.80 bits per heavy atom. The number of hydrogen-bond donors (Lipinski definition) is 1. The number of ether oxygens (including phenoxy) is 1. The Bertz CT molecular complexity index is 1030. The third-order valence-electron chi connectivity index (χ3n) is 4.42. The molecule has 1 atom stereocenters. The van der Waals surface area contributed by atoms with Crippen molar-refractivity contribution in [1.29, 1.82) is 0 Å². The van der Waals surface area contributed by atoms with Crippen LogP contribution in [0, 0.1) is 13.8 Å². The first kappa shape index (κ1) is 22.5. The molecule has 0 saturated carbocycles. The number of amides is 1. The van der Waals surface area contributed by atoms with Crippen LogP contribution in [-0.2, 0) is 11.8 Å². The summed E-state index contributed by atoms with van der Waals surface area (Å²) in [5.74, 6) is 1.46. The maximum atomic E-state index is 12.2. The van der Waals surface area contributed by atoms with Crippen LogP contribution >= 0.6 is 35.0 Å². The molecule has 0 spiro atoms. The van der Waals surface area contributed by atoms with E-state index in [0.29, 0.717) is 21.7 Å². The average Bonchev–Trinajstić information content (AvgIpc) is 3.07. The molecule has 0 bridgehead atoms. The average molecular weight is 465 g/mol. The van der Waals surface area contributed by atoms with Crippen molar-refractivity contribution in [2.45, 2.75) is 32.0 Å². The Morgan fingerprint density at radius 3 is 2.43 bits per heavy atom. The molecular formula is C21H22Cl2N4O2S. The van der Waals surface area contributed by atoms with Crippen molar-refractivity contribution >= 4 is 46.6 Å². The maximum absolute atomic E-state index is 12.2. The van der Waals surface area contributed by atoms with Crippen molar-refractivity contribution in [1.82, 2.24) is 14.8 Å². The number of carbonyl (C=O) groups excluding carboxylic acids is 1. The van der Waals surface area contributed by atoms with E-state index in [2.05, 4.69) is 15.5 Å². The molecule has 0 aliphatic rings. The number of nitrogens with zero attached hydrogens (tertiary/aromatic N) is 3. The van der Waals surface area contributed by atoms with Crippen LogP contribution in [0.1, 0.15) is 30.0 Å². The molecule has 2 aromatic carbocycles. The second kappa shape index (κ2) is 9.73. The molecule has 9 heteroatoms. The number of rotatable bonds is 7. The summed E-state index contributed by atoms with van der Waals surface area (Å²) in [6.45, 7) is 5.79. The van der Waals surface area contributed by atoms with E-state index in [0.717, 1.165) is 21.9 Å². The lowest BCUT2D eigenvalue weighted by atomic mass is 10.1. The smallest absolute Gasteiger partial charge is 0.234 e. The summed E-state index contributed by atoms with van der Waals surface area (Å²) in [4.78, 5) is 12.2. The van der Waals surface area contributed by atoms with Gasteiger partial charge in [-0.05, 0) is 68.3 Å². The van der Waals surface area contributed by atoms with Gasteiger partial charge in [0.05, 0.1) is 5.75 Å². The number of nitrogens with one attached hydrogen (secondary N) is 1. The molecule has 6 nitrogen and oxygen atoms in total. The molecule has 1 unspecified atom stereocenters. The fraction of sp³-hybridized carbons (Fsp3) is 0.286. The molecule has 1 heterocycles. The molecule has 0 radical (unpaired) electrons. The van der Waals surface area contributed by atoms with Crippen molar-refractivity contribution in [2.24, 2.45) is 7.05 Å². The Balaban J connectivity index is 1.61. The summed E-state index contributed by atoms with van der Waals surface area (Å²) in [6, 6.07) is 10.8. The van der Waals surface area contributed by atoms with Gasteiger partial charge in [0.2, 0.25) is 5.91 Å². The number of carbonyl (C=O) groups is 1. The van der Waals surface area contributed by atoms with E-state index >= 15 is 0 Å². The van der Waals surface area contributed by atoms with Crippen molar-refractivity contribution in [2.75, 3.05) is 11.1 Å². The SMILES string of the molecule is Cc1cc(OC(C)c2nnc(SCC(=O)Nc3ccc(Cl)cc3)n2C)cc(C)c1Cl. The lowest BCUT2D eigenvalue weighted by Gasteiger charge is -2.16. The monoisotopic (exact) mass is 464 g/mol. The maximum Gasteiger partial charge on any atom is 0.234 e. The predicted octanol–water partition coefficient (Wildman–Crippen LogP) is 5.61. The van der Waals surface area contributed by atoms with E-state index in [1.807, 2.05) is 44.5 Å². The Labute approximate surface area is 189 Å². The first-order valence-electron chi connectivity index (χ1n) is 9.25. The summed E-state index contributed by atoms with van der Waals surface area (Å²) in [5, 5.41) is 13.3. The number of aryl methyl sites for hydroxylation is 2. The van der Waals surface area contributed by atoms with E-state index in [9.17, 15) is 4.79 Å². The molecule has 0 aliphatic heterocycles. The summed E-state index contributed by atoms with van der Waals surface area (Å²) in [7, 11) is 1.85. The highest BCUT2D eigenvalue weighted by Crippen LogP contribution is 2.29. The molecule has 1 aromatic heterocycles. The second-order valence-corrected chi connectivity index (χ2v) is 8.63. The van der Waals surface area contributed by atoms with Crippen LogP contribution in [0.3, 0.4) is 0 Å². The van der Waals surface area contributed by atoms with Crippen LogP contribution in [0.5, 0.6) is 5.75 Å². The van der Waals surface area contributed by atoms with Gasteiger partial charge < -0.3 is 14.6 Å². The summed E-state index contributed by atoms with van der Waals surface area (Å²) in [5.41, 5.74) is 2.61. The van der Waals surface area contributed by atoms with Gasteiger partial charge in [-0.2, -0.15) is 0 Å². The fourth-order valence-electron chi connectivity index (χ4n) is 2.90. The molecule has 3 rings (SSSR count). The van der Waals surface area contributed by atoms with E-state index in [4.69, 9.17) is 27.9 Å². The zero-order valence-electron chi connectivity index (χ0n) is 17.1. The van der Waals surface area contributed by atoms with Crippen molar-refractivity contribution in [3.05, 3.63) is 63.4 Å². The van der Waals surface area contributed by atoms with Crippen LogP contribution in [0.15, 0.2) is 41.6 Å². The molecule has 30 heavy (non-hydrogen) atoms. The van der Waals surface area contributed by atoms with E-state index < -0.39 is 0 Å². The largest absolute Gasteiger partial charge is 0.483 e. The van der Waals surface area contributed by atoms with E-state index in [1.54, 1.807) is 24.3 Å². The highest BCUT2D eigenvalue weighted by Gasteiger charge is 2.18. The van der Waals surface area contributed by atoms with Gasteiger partial charge >= 0.3 is 0 Å². The van der Waals surface area contributed by atoms with Crippen LogP contribution in [0.2, 0.25) is 10.0 Å². The minimum atomic E-state index is -0.320. The summed E-state index contributed by atoms with van der Waals surface area (Å²) >= 11 is 13.4. The zero-order chi connectivity index (χ0) is 21.8. The molecule has 1 amide bonds. The van der Waals surface area contributed by atoms with Gasteiger partial charge in [-0.25, -0.2) is 0 Å². The molecule has 0 aliphatic carbocycles. The number of benzene rings is 2. The van der Waals surface area contributed by atoms with Crippen molar-refractivity contribution < 1.29 is 9.53 Å². The van der Waals surface area contributed by atoms with Gasteiger partial charge in [0, 0.05) is 22.8 Å². The minimum Gasteiger partial charge on any atom is -0.483 e. The highest BCUT2D eigenvalue weighted by molar-refractivity contribution is 7.99. The number of thioether (sulfide) groups is 1. The molecule has 158 valence electrons. The molecule has 0 fully saturated rings. The molecule has 3 aromatic rings. The van der Waals surface area contributed by atoms with Crippen LogP contribution in [-0.4, -0.2) is 26.4 Å². The number of anilines is 1. The third kappa shape index (κ3) is 5.47. The van der Waals surface area contributed by atoms with Gasteiger partial charge in [0.15, 0.2) is 17.1 Å². The first-order valence-corrected chi connectivity index (χ1v) is 11.0. The van der Waals surface area contributed by atoms with Gasteiger partial charge in [0.1, 0.15) is 5.75 Å². The lowest BCUT2D eigenvalue weighted by Crippen LogP contribution is -2.14. The van der Waals surface area contributed by atoms with Crippen LogP contribution in [0.4, 0.5) is 5.69 Å². The lowest BCUT2D eigenvalue weighted by molar-refractivity contribution is -0.113. The number of halogens is 2. The normalized spacial score (nSPS) is 11.9. The topological polar surface area (TPSA) is 69.0 Å². The van der Waals surface area contributed by atoms with E-state index in [-0.39, 0.29) is 17.8 Å². The van der Waals surface area contributed by atoms with Crippen LogP contribution in [0.25, 0.3) is 0 Å². The van der Waals surface area contributed by atoms with Gasteiger partial charge in [-0.1, -0.05) is 35.0 Å². The van der Waals surface area contributed by atoms with Crippen LogP contribution < -0.4 is 10.1 Å². The first-order chi connectivity index (χ1) is 14.2. The van der Waals surface area contributed by atoms with E-state index in [1.165, 1.54) is 11.8 Å². The fourth-order valence-corrected chi connectivity index (χ4v) is 3.85. The predicted molar refractivity (Wildman–Crippen MR) is 122 cm³/mol. The summed E-state index contributed by atoms with van der Waals surface area (Å²) < 4.78 is 7.88. The zero-order valence-corrected chi connectivity index (χ0v) is 19.4. The van der Waals surface area contributed by atoms with Crippen molar-refractivity contribution in [3.8, 4) is 5.75 Å². The van der Waals surface area contributed by atoms with Gasteiger partial charge in [-0.3, -0.25) is 4.79 Å². The Kier molecular flexibility index (Phi) is 7.28. The molecular weight excluding hydrogens is 443 g/mol. The minimum absolute atomic E-state index is 0.136. The number of hydrogen-bond acceptors (Lipinski definition) is 5. The van der Waals surface area contributed by atoms with Crippen molar-refractivity contribution in [3.63, 3.8) is 0 Å². The quantitative estimate of drug-likeness (QED) is 0.460. The standard InChI is InChI=1S/C21H22Cl2N4O2S/c1-12-9-17(10-13(2)19(12)23)29-14(3)20-25-26-21(27(20)4)30-11-18(28)24-16-7-5-15(22)6-8-16/h5-10,14H,11H2,1-4H3,(H,24,28). The summed E-state index contributed by atoms with van der Waals surface area (Å²) in [6.07, 6.45) is -0.320. The molecule has 1 N–H and O–H groups in total. The Morgan fingerprint density at radius 1 is 1.17 bits per heavy atom. The molecule has 0 saturated heterocycles.